The predicted octanol–water partition coefficient (Wildman–Crippen LogP) is 3.14. The van der Waals surface area contributed by atoms with Crippen molar-refractivity contribution in [2.24, 2.45) is 0 Å². The molecule has 14 heavy (non-hydrogen) atoms. The number of hydrogen-bond donors (Lipinski definition) is 0. The van der Waals surface area contributed by atoms with Crippen molar-refractivity contribution in [3.05, 3.63) is 11.8 Å². The van der Waals surface area contributed by atoms with Gasteiger partial charge in [-0.25, -0.2) is 0 Å². The average molecular weight is 224 g/mol. The lowest BCUT2D eigenvalue weighted by molar-refractivity contribution is 0.773. The second-order valence-electron chi connectivity index (χ2n) is 5.38. The molecule has 1 saturated heterocycles. The monoisotopic (exact) mass is 224 g/mol. The van der Waals surface area contributed by atoms with Crippen molar-refractivity contribution >= 4 is 16.5 Å². The molecule has 1 aliphatic heterocycles. The third-order valence-corrected chi connectivity index (χ3v) is 13.4. The maximum absolute atomic E-state index is 8.72. The Balaban J connectivity index is 3.05. The Labute approximate surface area is 89.4 Å². The van der Waals surface area contributed by atoms with Crippen LogP contribution in [-0.2, 0) is 0 Å². The first-order valence-electron chi connectivity index (χ1n) is 5.18. The first kappa shape index (κ1) is 11.5. The fraction of sp³-hybridized carbons (Fsp3) is 0.700. The molecule has 0 spiro atoms. The van der Waals surface area contributed by atoms with Crippen molar-refractivity contribution in [2.45, 2.75) is 45.2 Å². The summed E-state index contributed by atoms with van der Waals surface area (Å²) in [5, 5.41) is 8.72. The van der Waals surface area contributed by atoms with Crippen LogP contribution in [0.2, 0.25) is 38.3 Å². The summed E-state index contributed by atoms with van der Waals surface area (Å²) in [6.07, 6.45) is 1.72. The van der Waals surface area contributed by atoms with Gasteiger partial charge < -0.3 is 4.23 Å². The summed E-state index contributed by atoms with van der Waals surface area (Å²) in [7, 11) is -2.46. The van der Waals surface area contributed by atoms with Gasteiger partial charge in [0.1, 0.15) is 16.5 Å². The van der Waals surface area contributed by atoms with Crippen LogP contribution in [0.25, 0.3) is 0 Å². The van der Waals surface area contributed by atoms with Crippen LogP contribution in [0.5, 0.6) is 0 Å². The minimum Gasteiger partial charge on any atom is -0.427 e. The second-order valence-corrected chi connectivity index (χ2v) is 15.0. The lowest BCUT2D eigenvalue weighted by atomic mass is 10.5. The summed E-state index contributed by atoms with van der Waals surface area (Å²) in [5.41, 5.74) is 1.21. The summed E-state index contributed by atoms with van der Waals surface area (Å²) >= 11 is 0. The van der Waals surface area contributed by atoms with Crippen LogP contribution in [-0.4, -0.2) is 20.7 Å². The van der Waals surface area contributed by atoms with Gasteiger partial charge in [-0.2, -0.15) is 5.26 Å². The van der Waals surface area contributed by atoms with Gasteiger partial charge in [-0.1, -0.05) is 26.2 Å². The van der Waals surface area contributed by atoms with E-state index in [1.165, 1.54) is 17.8 Å². The molecule has 2 nitrogen and oxygen atoms in total. The van der Waals surface area contributed by atoms with Crippen LogP contribution in [0.4, 0.5) is 0 Å². The molecule has 0 aliphatic carbocycles. The highest BCUT2D eigenvalue weighted by molar-refractivity contribution is 6.95. The van der Waals surface area contributed by atoms with E-state index in [1.807, 2.05) is 0 Å². The zero-order valence-corrected chi connectivity index (χ0v) is 11.9. The molecule has 0 amide bonds. The van der Waals surface area contributed by atoms with E-state index < -0.39 is 16.5 Å². The van der Waals surface area contributed by atoms with Crippen molar-refractivity contribution < 1.29 is 0 Å². The largest absolute Gasteiger partial charge is 0.427 e. The highest BCUT2D eigenvalue weighted by Gasteiger charge is 2.47. The molecule has 1 rings (SSSR count). The SMILES string of the molecule is CC(=CC#N)N1[Si](C)(C)CC[Si]1(C)C. The summed E-state index contributed by atoms with van der Waals surface area (Å²) in [5.74, 6) is 0. The maximum atomic E-state index is 8.72. The van der Waals surface area contributed by atoms with Crippen LogP contribution >= 0.6 is 0 Å². The lowest BCUT2D eigenvalue weighted by Crippen LogP contribution is -2.53. The zero-order valence-electron chi connectivity index (χ0n) is 9.89. The smallest absolute Gasteiger partial charge is 0.141 e. The van der Waals surface area contributed by atoms with Crippen LogP contribution < -0.4 is 0 Å². The summed E-state index contributed by atoms with van der Waals surface area (Å²) in [6, 6.07) is 4.94. The lowest BCUT2D eigenvalue weighted by Gasteiger charge is -2.41. The van der Waals surface area contributed by atoms with Crippen LogP contribution in [0.3, 0.4) is 0 Å². The third kappa shape index (κ3) is 1.94. The molecule has 0 unspecified atom stereocenters. The van der Waals surface area contributed by atoms with E-state index in [0.717, 1.165) is 0 Å². The molecule has 0 radical (unpaired) electrons. The Bertz CT molecular complexity index is 284. The standard InChI is InChI=1S/C10H20N2Si2/c1-10(6-7-11)12-13(2,3)8-9-14(12,4)5/h6H,8-9H2,1-5H3. The van der Waals surface area contributed by atoms with E-state index in [2.05, 4.69) is 43.4 Å². The quantitative estimate of drug-likeness (QED) is 0.505. The third-order valence-electron chi connectivity index (χ3n) is 3.19. The van der Waals surface area contributed by atoms with Crippen molar-refractivity contribution in [3.8, 4) is 6.07 Å². The van der Waals surface area contributed by atoms with Gasteiger partial charge in [-0.3, -0.25) is 0 Å². The molecule has 0 aromatic rings. The Morgan fingerprint density at radius 2 is 1.64 bits per heavy atom. The number of nitriles is 1. The second kappa shape index (κ2) is 3.56. The molecule has 0 saturated carbocycles. The van der Waals surface area contributed by atoms with Crippen LogP contribution in [0.1, 0.15) is 6.92 Å². The fourth-order valence-electron chi connectivity index (χ4n) is 2.77. The normalized spacial score (nSPS) is 24.9. The molecule has 1 aliphatic rings. The molecule has 4 heteroatoms. The van der Waals surface area contributed by atoms with Gasteiger partial charge >= 0.3 is 0 Å². The van der Waals surface area contributed by atoms with E-state index in [4.69, 9.17) is 5.26 Å². The van der Waals surface area contributed by atoms with Gasteiger partial charge in [0.2, 0.25) is 0 Å². The molecule has 0 aromatic heterocycles. The van der Waals surface area contributed by atoms with Gasteiger partial charge in [-0.05, 0) is 19.0 Å². The Morgan fingerprint density at radius 3 is 2.00 bits per heavy atom. The van der Waals surface area contributed by atoms with E-state index in [9.17, 15) is 0 Å². The van der Waals surface area contributed by atoms with Crippen molar-refractivity contribution in [3.63, 3.8) is 0 Å². The first-order chi connectivity index (χ1) is 6.31. The molecule has 0 aromatic carbocycles. The molecule has 1 fully saturated rings. The number of rotatable bonds is 1. The number of nitrogens with zero attached hydrogens (tertiary/aromatic N) is 2. The zero-order chi connectivity index (χ0) is 11.0. The van der Waals surface area contributed by atoms with E-state index >= 15 is 0 Å². The Kier molecular flexibility index (Phi) is 2.93. The van der Waals surface area contributed by atoms with Crippen molar-refractivity contribution in [1.29, 1.82) is 5.26 Å². The molecule has 0 bridgehead atoms. The maximum Gasteiger partial charge on any atom is 0.141 e. The van der Waals surface area contributed by atoms with E-state index in [0.29, 0.717) is 0 Å². The van der Waals surface area contributed by atoms with Gasteiger partial charge in [0.15, 0.2) is 0 Å². The van der Waals surface area contributed by atoms with Crippen molar-refractivity contribution in [1.82, 2.24) is 4.23 Å². The van der Waals surface area contributed by atoms with Crippen molar-refractivity contribution in [2.75, 3.05) is 0 Å². The van der Waals surface area contributed by atoms with E-state index in [-0.39, 0.29) is 0 Å². The predicted molar refractivity (Wildman–Crippen MR) is 65.8 cm³/mol. The minimum atomic E-state index is -1.23. The highest BCUT2D eigenvalue weighted by atomic mass is 28.4. The molecule has 0 N–H and O–H groups in total. The van der Waals surface area contributed by atoms with Gasteiger partial charge in [0.25, 0.3) is 0 Å². The summed E-state index contributed by atoms with van der Waals surface area (Å²) < 4.78 is 2.66. The highest BCUT2D eigenvalue weighted by Crippen LogP contribution is 2.39. The average Bonchev–Trinajstić information content (AvgIpc) is 2.21. The molecule has 1 heterocycles. The summed E-state index contributed by atoms with van der Waals surface area (Å²) in [4.78, 5) is 0. The van der Waals surface area contributed by atoms with Crippen LogP contribution in [0, 0.1) is 11.3 Å². The fourth-order valence-corrected chi connectivity index (χ4v) is 17.4. The van der Waals surface area contributed by atoms with Crippen LogP contribution in [0.15, 0.2) is 11.8 Å². The topological polar surface area (TPSA) is 27.0 Å². The Hall–Kier alpha value is -0.536. The first-order valence-corrected chi connectivity index (χ1v) is 11.5. The number of hydrogen-bond acceptors (Lipinski definition) is 2. The van der Waals surface area contributed by atoms with Gasteiger partial charge in [0, 0.05) is 11.8 Å². The number of allylic oxidation sites excluding steroid dienone is 2. The minimum absolute atomic E-state index is 1.21. The molecular weight excluding hydrogens is 204 g/mol. The molecule has 0 atom stereocenters. The Morgan fingerprint density at radius 1 is 1.21 bits per heavy atom. The van der Waals surface area contributed by atoms with Gasteiger partial charge in [0.05, 0.1) is 6.07 Å². The van der Waals surface area contributed by atoms with E-state index in [1.54, 1.807) is 6.08 Å². The van der Waals surface area contributed by atoms with Gasteiger partial charge in [-0.15, -0.1) is 0 Å². The summed E-state index contributed by atoms with van der Waals surface area (Å²) in [6.45, 7) is 11.8. The molecular formula is C10H20N2Si2. The molecule has 78 valence electrons.